The molecule has 2 heterocycles. The molecule has 2 aromatic heterocycles. The van der Waals surface area contributed by atoms with Crippen molar-refractivity contribution < 1.29 is 4.79 Å². The summed E-state index contributed by atoms with van der Waals surface area (Å²) >= 11 is 5.59. The van der Waals surface area contributed by atoms with Gasteiger partial charge in [-0.1, -0.05) is 11.6 Å². The van der Waals surface area contributed by atoms with E-state index in [2.05, 4.69) is 15.3 Å². The molecule has 1 amide bonds. The minimum Gasteiger partial charge on any atom is -0.319 e. The number of nitrogens with zero attached hydrogens (tertiary/aromatic N) is 1. The van der Waals surface area contributed by atoms with E-state index in [1.807, 2.05) is 4.98 Å². The van der Waals surface area contributed by atoms with E-state index >= 15 is 0 Å². The Hall–Kier alpha value is -2.41. The summed E-state index contributed by atoms with van der Waals surface area (Å²) in [6.45, 7) is 0. The highest BCUT2D eigenvalue weighted by atomic mass is 35.5. The van der Waals surface area contributed by atoms with Gasteiger partial charge in [0.15, 0.2) is 0 Å². The van der Waals surface area contributed by atoms with Crippen LogP contribution in [0.15, 0.2) is 34.0 Å². The number of H-pyrrole nitrogens is 2. The van der Waals surface area contributed by atoms with E-state index in [0.29, 0.717) is 5.69 Å². The van der Waals surface area contributed by atoms with Gasteiger partial charge in [-0.05, 0) is 12.1 Å². The van der Waals surface area contributed by atoms with Crippen molar-refractivity contribution in [2.45, 2.75) is 0 Å². The first-order valence-electron chi connectivity index (χ1n) is 4.81. The Morgan fingerprint density at radius 2 is 2.06 bits per heavy atom. The third kappa shape index (κ3) is 2.83. The van der Waals surface area contributed by atoms with Gasteiger partial charge in [-0.15, -0.1) is 0 Å². The minimum atomic E-state index is -0.748. The van der Waals surface area contributed by atoms with Crippen LogP contribution in [0.1, 0.15) is 10.5 Å². The van der Waals surface area contributed by atoms with Gasteiger partial charge in [0, 0.05) is 6.07 Å². The molecule has 7 nitrogen and oxygen atoms in total. The van der Waals surface area contributed by atoms with Crippen LogP contribution in [0.5, 0.6) is 0 Å². The van der Waals surface area contributed by atoms with Crippen LogP contribution in [0, 0.1) is 0 Å². The van der Waals surface area contributed by atoms with Gasteiger partial charge >= 0.3 is 5.69 Å². The van der Waals surface area contributed by atoms with Crippen LogP contribution >= 0.6 is 11.6 Å². The highest BCUT2D eigenvalue weighted by Crippen LogP contribution is 2.10. The highest BCUT2D eigenvalue weighted by molar-refractivity contribution is 6.29. The van der Waals surface area contributed by atoms with Gasteiger partial charge in [0.05, 0.1) is 11.9 Å². The molecule has 0 radical (unpaired) electrons. The number of rotatable bonds is 2. The molecule has 0 aromatic carbocycles. The second-order valence-corrected chi connectivity index (χ2v) is 3.71. The molecule has 2 aromatic rings. The Morgan fingerprint density at radius 1 is 1.28 bits per heavy atom. The van der Waals surface area contributed by atoms with E-state index in [1.165, 1.54) is 12.3 Å². The summed E-state index contributed by atoms with van der Waals surface area (Å²) in [5.41, 5.74) is -1.15. The molecule has 0 saturated carbocycles. The van der Waals surface area contributed by atoms with Gasteiger partial charge in [0.2, 0.25) is 0 Å². The number of halogens is 1. The lowest BCUT2D eigenvalue weighted by Gasteiger charge is -2.03. The number of pyridine rings is 1. The van der Waals surface area contributed by atoms with E-state index in [4.69, 9.17) is 11.6 Å². The SMILES string of the molecule is O=C(Nc1ccc(Cl)nc1)c1cc(=O)[nH]c(=O)[nH]1. The fourth-order valence-electron chi connectivity index (χ4n) is 1.24. The van der Waals surface area contributed by atoms with E-state index in [1.54, 1.807) is 6.07 Å². The molecule has 92 valence electrons. The number of hydrogen-bond donors (Lipinski definition) is 3. The zero-order valence-electron chi connectivity index (χ0n) is 8.86. The maximum absolute atomic E-state index is 11.7. The van der Waals surface area contributed by atoms with Crippen molar-refractivity contribution in [3.05, 3.63) is 56.1 Å². The molecule has 0 spiro atoms. The molecule has 0 aliphatic rings. The zero-order chi connectivity index (χ0) is 13.1. The number of carbonyl (C=O) groups is 1. The van der Waals surface area contributed by atoms with Gasteiger partial charge < -0.3 is 10.3 Å². The van der Waals surface area contributed by atoms with Crippen LogP contribution in [0.4, 0.5) is 5.69 Å². The summed E-state index contributed by atoms with van der Waals surface area (Å²) in [7, 11) is 0. The molecule has 3 N–H and O–H groups in total. The van der Waals surface area contributed by atoms with Gasteiger partial charge in [0.25, 0.3) is 11.5 Å². The standard InChI is InChI=1S/C10H7ClN4O3/c11-7-2-1-5(4-12-7)13-9(17)6-3-8(16)15-10(18)14-6/h1-4H,(H,13,17)(H2,14,15,16,18). The zero-order valence-corrected chi connectivity index (χ0v) is 9.62. The first-order chi connectivity index (χ1) is 8.54. The van der Waals surface area contributed by atoms with Crippen LogP contribution in [-0.2, 0) is 0 Å². The molecule has 0 saturated heterocycles. The molecule has 0 unspecified atom stereocenters. The molecule has 18 heavy (non-hydrogen) atoms. The van der Waals surface area contributed by atoms with Crippen LogP contribution in [0.3, 0.4) is 0 Å². The van der Waals surface area contributed by atoms with Crippen molar-refractivity contribution in [3.8, 4) is 0 Å². The fourth-order valence-corrected chi connectivity index (χ4v) is 1.35. The summed E-state index contributed by atoms with van der Waals surface area (Å²) in [6, 6.07) is 4.02. The van der Waals surface area contributed by atoms with Crippen LogP contribution in [-0.4, -0.2) is 20.9 Å². The monoisotopic (exact) mass is 266 g/mol. The molecule has 0 aliphatic heterocycles. The normalized spacial score (nSPS) is 10.1. The number of hydrogen-bond acceptors (Lipinski definition) is 4. The first-order valence-corrected chi connectivity index (χ1v) is 5.19. The molecule has 0 bridgehead atoms. The lowest BCUT2D eigenvalue weighted by molar-refractivity contribution is 0.102. The van der Waals surface area contributed by atoms with Crippen molar-refractivity contribution in [2.24, 2.45) is 0 Å². The average molecular weight is 267 g/mol. The van der Waals surface area contributed by atoms with Crippen LogP contribution < -0.4 is 16.6 Å². The van der Waals surface area contributed by atoms with Gasteiger partial charge in [-0.25, -0.2) is 9.78 Å². The molecule has 0 atom stereocenters. The maximum Gasteiger partial charge on any atom is 0.326 e. The molecule has 2 rings (SSSR count). The second-order valence-electron chi connectivity index (χ2n) is 3.33. The van der Waals surface area contributed by atoms with Crippen molar-refractivity contribution in [3.63, 3.8) is 0 Å². The summed E-state index contributed by atoms with van der Waals surface area (Å²) in [5, 5.41) is 2.75. The van der Waals surface area contributed by atoms with E-state index in [9.17, 15) is 14.4 Å². The molecule has 8 heteroatoms. The fraction of sp³-hybridized carbons (Fsp3) is 0. The van der Waals surface area contributed by atoms with E-state index in [-0.39, 0.29) is 10.8 Å². The van der Waals surface area contributed by atoms with Crippen molar-refractivity contribution in [2.75, 3.05) is 5.32 Å². The van der Waals surface area contributed by atoms with Crippen LogP contribution in [0.2, 0.25) is 5.15 Å². The topological polar surface area (TPSA) is 108 Å². The number of anilines is 1. The Kier molecular flexibility index (Phi) is 3.24. The third-order valence-corrected chi connectivity index (χ3v) is 2.21. The third-order valence-electron chi connectivity index (χ3n) is 1.99. The predicted octanol–water partition coefficient (Wildman–Crippen LogP) is 0.364. The van der Waals surface area contributed by atoms with Crippen molar-refractivity contribution in [1.29, 1.82) is 0 Å². The summed E-state index contributed by atoms with van der Waals surface area (Å²) in [6.07, 6.45) is 1.35. The number of aromatic nitrogens is 3. The highest BCUT2D eigenvalue weighted by Gasteiger charge is 2.08. The predicted molar refractivity (Wildman–Crippen MR) is 64.9 cm³/mol. The van der Waals surface area contributed by atoms with Crippen molar-refractivity contribution >= 4 is 23.2 Å². The lowest BCUT2D eigenvalue weighted by atomic mass is 10.3. The minimum absolute atomic E-state index is 0.140. The molecule has 0 aliphatic carbocycles. The molecular weight excluding hydrogens is 260 g/mol. The number of aromatic amines is 2. The second kappa shape index (κ2) is 4.84. The van der Waals surface area contributed by atoms with Crippen molar-refractivity contribution in [1.82, 2.24) is 15.0 Å². The largest absolute Gasteiger partial charge is 0.326 e. The van der Waals surface area contributed by atoms with Gasteiger partial charge in [-0.2, -0.15) is 0 Å². The van der Waals surface area contributed by atoms with Gasteiger partial charge in [0.1, 0.15) is 10.8 Å². The smallest absolute Gasteiger partial charge is 0.319 e. The molecule has 0 fully saturated rings. The summed E-state index contributed by atoms with van der Waals surface area (Å²) < 4.78 is 0. The van der Waals surface area contributed by atoms with E-state index < -0.39 is 17.2 Å². The van der Waals surface area contributed by atoms with E-state index in [0.717, 1.165) is 6.07 Å². The average Bonchev–Trinajstić information content (AvgIpc) is 2.31. The Balaban J connectivity index is 2.24. The molecular formula is C10H7ClN4O3. The Bertz CT molecular complexity index is 661. The van der Waals surface area contributed by atoms with Crippen LogP contribution in [0.25, 0.3) is 0 Å². The number of carbonyl (C=O) groups excluding carboxylic acids is 1. The summed E-state index contributed by atoms with van der Waals surface area (Å²) in [4.78, 5) is 41.7. The number of nitrogens with one attached hydrogen (secondary N) is 3. The summed E-state index contributed by atoms with van der Waals surface area (Å²) in [5.74, 6) is -0.623. The Labute approximate surface area is 105 Å². The quantitative estimate of drug-likeness (QED) is 0.682. The number of amides is 1. The Morgan fingerprint density at radius 3 is 2.67 bits per heavy atom. The first kappa shape index (κ1) is 12.1. The maximum atomic E-state index is 11.7. The lowest BCUT2D eigenvalue weighted by Crippen LogP contribution is -2.27. The van der Waals surface area contributed by atoms with Gasteiger partial charge in [-0.3, -0.25) is 14.6 Å².